The molecule has 2 aromatic rings. The van der Waals surface area contributed by atoms with Crippen LogP contribution in [0, 0.1) is 6.92 Å². The highest BCUT2D eigenvalue weighted by Crippen LogP contribution is 2.33. The fraction of sp³-hybridized carbons (Fsp3) is 0.500. The molecule has 2 aliphatic rings. The molecule has 0 fully saturated rings. The van der Waals surface area contributed by atoms with E-state index in [1.54, 1.807) is 0 Å². The molecule has 0 unspecified atom stereocenters. The molecule has 2 atom stereocenters. The Bertz CT molecular complexity index is 749. The fourth-order valence-electron chi connectivity index (χ4n) is 4.28. The van der Waals surface area contributed by atoms with Crippen molar-refractivity contribution in [1.29, 1.82) is 0 Å². The predicted octanol–water partition coefficient (Wildman–Crippen LogP) is 3.13. The number of amides is 1. The summed E-state index contributed by atoms with van der Waals surface area (Å²) in [5.41, 5.74) is 3.88. The van der Waals surface area contributed by atoms with Gasteiger partial charge in [0, 0.05) is 31.6 Å². The molecule has 1 aliphatic carbocycles. The normalized spacial score (nSPS) is 22.5. The summed E-state index contributed by atoms with van der Waals surface area (Å²) in [4.78, 5) is 17.1. The van der Waals surface area contributed by atoms with E-state index in [0.29, 0.717) is 12.3 Å². The Labute approximate surface area is 143 Å². The molecule has 0 spiro atoms. The molecule has 0 saturated heterocycles. The lowest BCUT2D eigenvalue weighted by molar-refractivity contribution is -0.122. The van der Waals surface area contributed by atoms with Crippen molar-refractivity contribution in [3.8, 4) is 0 Å². The molecule has 24 heavy (non-hydrogen) atoms. The second-order valence-electron chi connectivity index (χ2n) is 7.25. The van der Waals surface area contributed by atoms with Gasteiger partial charge < -0.3 is 9.88 Å². The van der Waals surface area contributed by atoms with Gasteiger partial charge in [-0.05, 0) is 49.7 Å². The largest absolute Gasteiger partial charge is 0.352 e. The number of carbonyl (C=O) groups is 1. The molecule has 0 radical (unpaired) electrons. The zero-order chi connectivity index (χ0) is 16.5. The van der Waals surface area contributed by atoms with Crippen LogP contribution in [-0.4, -0.2) is 21.5 Å². The summed E-state index contributed by atoms with van der Waals surface area (Å²) in [6.07, 6.45) is 8.11. The minimum atomic E-state index is 0.196. The van der Waals surface area contributed by atoms with Gasteiger partial charge in [0.15, 0.2) is 0 Å². The first kappa shape index (κ1) is 15.4. The molecular weight excluding hydrogens is 298 g/mol. The van der Waals surface area contributed by atoms with Gasteiger partial charge in [0.25, 0.3) is 0 Å². The fourth-order valence-corrected chi connectivity index (χ4v) is 4.28. The van der Waals surface area contributed by atoms with Gasteiger partial charge in [-0.2, -0.15) is 0 Å². The molecule has 1 N–H and O–H groups in total. The zero-order valence-corrected chi connectivity index (χ0v) is 14.3. The smallest absolute Gasteiger partial charge is 0.220 e. The van der Waals surface area contributed by atoms with Crippen LogP contribution >= 0.6 is 0 Å². The number of imidazole rings is 1. The molecule has 1 aromatic carbocycles. The van der Waals surface area contributed by atoms with E-state index in [0.717, 1.165) is 43.7 Å². The van der Waals surface area contributed by atoms with Crippen molar-refractivity contribution in [2.75, 3.05) is 0 Å². The van der Waals surface area contributed by atoms with Crippen LogP contribution < -0.4 is 5.32 Å². The Morgan fingerprint density at radius 2 is 2.17 bits per heavy atom. The third kappa shape index (κ3) is 3.10. The summed E-state index contributed by atoms with van der Waals surface area (Å²) < 4.78 is 2.19. The number of benzene rings is 1. The molecule has 2 heterocycles. The molecule has 4 rings (SSSR count). The molecule has 1 aliphatic heterocycles. The van der Waals surface area contributed by atoms with Crippen molar-refractivity contribution in [1.82, 2.24) is 14.9 Å². The third-order valence-electron chi connectivity index (χ3n) is 5.40. The lowest BCUT2D eigenvalue weighted by atomic mass is 9.81. The Kier molecular flexibility index (Phi) is 4.13. The minimum Gasteiger partial charge on any atom is -0.352 e. The predicted molar refractivity (Wildman–Crippen MR) is 94.0 cm³/mol. The highest BCUT2D eigenvalue weighted by Gasteiger charge is 2.25. The summed E-state index contributed by atoms with van der Waals surface area (Å²) in [5.74, 6) is 1.73. The molecule has 0 saturated carbocycles. The van der Waals surface area contributed by atoms with E-state index >= 15 is 0 Å². The van der Waals surface area contributed by atoms with Gasteiger partial charge in [0.2, 0.25) is 5.91 Å². The number of hydrogen-bond donors (Lipinski definition) is 1. The monoisotopic (exact) mass is 323 g/mol. The van der Waals surface area contributed by atoms with Crippen LogP contribution in [0.4, 0.5) is 0 Å². The molecule has 4 nitrogen and oxygen atoms in total. The summed E-state index contributed by atoms with van der Waals surface area (Å²) in [6.45, 7) is 2.88. The van der Waals surface area contributed by atoms with Crippen molar-refractivity contribution in [2.24, 2.45) is 0 Å². The first-order chi connectivity index (χ1) is 11.7. The van der Waals surface area contributed by atoms with E-state index in [1.165, 1.54) is 17.5 Å². The average Bonchev–Trinajstić information content (AvgIpc) is 2.94. The van der Waals surface area contributed by atoms with Gasteiger partial charge in [-0.1, -0.05) is 24.3 Å². The van der Waals surface area contributed by atoms with Crippen molar-refractivity contribution < 1.29 is 4.79 Å². The van der Waals surface area contributed by atoms with Gasteiger partial charge in [0.1, 0.15) is 5.82 Å². The quantitative estimate of drug-likeness (QED) is 0.943. The van der Waals surface area contributed by atoms with Gasteiger partial charge in [-0.25, -0.2) is 4.98 Å². The number of nitrogens with one attached hydrogen (secondary N) is 1. The van der Waals surface area contributed by atoms with Crippen molar-refractivity contribution in [3.63, 3.8) is 0 Å². The van der Waals surface area contributed by atoms with Crippen LogP contribution in [0.5, 0.6) is 0 Å². The number of rotatable bonds is 3. The maximum atomic E-state index is 12.6. The highest BCUT2D eigenvalue weighted by molar-refractivity contribution is 5.77. The van der Waals surface area contributed by atoms with E-state index in [-0.39, 0.29) is 11.9 Å². The molecule has 0 bridgehead atoms. The van der Waals surface area contributed by atoms with E-state index in [9.17, 15) is 4.79 Å². The Hall–Kier alpha value is -2.10. The Morgan fingerprint density at radius 1 is 1.29 bits per heavy atom. The summed E-state index contributed by atoms with van der Waals surface area (Å²) in [6, 6.07) is 8.85. The first-order valence-corrected chi connectivity index (χ1v) is 9.09. The minimum absolute atomic E-state index is 0.196. The number of carbonyl (C=O) groups excluding carboxylic acids is 1. The second kappa shape index (κ2) is 6.42. The van der Waals surface area contributed by atoms with Crippen LogP contribution in [0.2, 0.25) is 0 Å². The van der Waals surface area contributed by atoms with Crippen molar-refractivity contribution in [2.45, 2.75) is 64.0 Å². The van der Waals surface area contributed by atoms with E-state index in [4.69, 9.17) is 0 Å². The van der Waals surface area contributed by atoms with Crippen LogP contribution in [-0.2, 0) is 24.2 Å². The maximum absolute atomic E-state index is 12.6. The van der Waals surface area contributed by atoms with E-state index in [1.807, 2.05) is 6.92 Å². The standard InChI is InChI=1S/C20H25N3O/c1-14-12-23-13-17(9-10-19(23)21-14)22-20(24)11-16-7-4-6-15-5-2-3-8-18(15)16/h2-3,5,8,12,16-17H,4,6-7,9-11,13H2,1H3,(H,22,24)/t16-,17-/m1/s1. The maximum Gasteiger partial charge on any atom is 0.220 e. The van der Waals surface area contributed by atoms with Crippen LogP contribution in [0.25, 0.3) is 0 Å². The lowest BCUT2D eigenvalue weighted by Gasteiger charge is -2.28. The van der Waals surface area contributed by atoms with Crippen LogP contribution in [0.1, 0.15) is 54.2 Å². The van der Waals surface area contributed by atoms with Gasteiger partial charge in [0.05, 0.1) is 5.69 Å². The van der Waals surface area contributed by atoms with Crippen molar-refractivity contribution in [3.05, 3.63) is 53.1 Å². The summed E-state index contributed by atoms with van der Waals surface area (Å²) >= 11 is 0. The van der Waals surface area contributed by atoms with Gasteiger partial charge in [-0.15, -0.1) is 0 Å². The SMILES string of the molecule is Cc1cn2c(n1)CC[C@@H](NC(=O)C[C@H]1CCCc3ccccc31)C2. The van der Waals surface area contributed by atoms with E-state index in [2.05, 4.69) is 45.3 Å². The number of nitrogens with zero attached hydrogens (tertiary/aromatic N) is 2. The topological polar surface area (TPSA) is 46.9 Å². The first-order valence-electron chi connectivity index (χ1n) is 9.09. The number of fused-ring (bicyclic) bond motifs is 2. The molecule has 1 aromatic heterocycles. The van der Waals surface area contributed by atoms with E-state index < -0.39 is 0 Å². The number of hydrogen-bond acceptors (Lipinski definition) is 2. The summed E-state index contributed by atoms with van der Waals surface area (Å²) in [5, 5.41) is 3.26. The van der Waals surface area contributed by atoms with Crippen LogP contribution in [0.3, 0.4) is 0 Å². The third-order valence-corrected chi connectivity index (χ3v) is 5.40. The zero-order valence-electron chi connectivity index (χ0n) is 14.3. The Morgan fingerprint density at radius 3 is 3.08 bits per heavy atom. The molecule has 4 heteroatoms. The average molecular weight is 323 g/mol. The Balaban J connectivity index is 1.38. The summed E-state index contributed by atoms with van der Waals surface area (Å²) in [7, 11) is 0. The second-order valence-corrected chi connectivity index (χ2v) is 7.25. The number of aromatic nitrogens is 2. The molecule has 126 valence electrons. The van der Waals surface area contributed by atoms with Crippen LogP contribution in [0.15, 0.2) is 30.5 Å². The highest BCUT2D eigenvalue weighted by atomic mass is 16.1. The van der Waals surface area contributed by atoms with Gasteiger partial charge in [-0.3, -0.25) is 4.79 Å². The molecule has 1 amide bonds. The van der Waals surface area contributed by atoms with Crippen molar-refractivity contribution >= 4 is 5.91 Å². The van der Waals surface area contributed by atoms with Gasteiger partial charge >= 0.3 is 0 Å². The molecular formula is C20H25N3O. The lowest BCUT2D eigenvalue weighted by Crippen LogP contribution is -2.41. The number of aryl methyl sites for hydroxylation is 3.